The average molecular weight is 233 g/mol. The van der Waals surface area contributed by atoms with Crippen LogP contribution in [0.15, 0.2) is 18.2 Å². The molecule has 0 aromatic heterocycles. The standard InChI is InChI=1S/C14H19NO2/c1-2-17-14(16)13(15)9-10-6-7-11-4-3-5-12(11)8-10/h6-8,13H,2-5,9,15H2,1H3/t13-/m1/s1. The molecule has 0 aliphatic heterocycles. The van der Waals surface area contributed by atoms with E-state index in [0.717, 1.165) is 12.0 Å². The van der Waals surface area contributed by atoms with E-state index in [1.54, 1.807) is 6.92 Å². The Balaban J connectivity index is 2.01. The van der Waals surface area contributed by atoms with E-state index in [-0.39, 0.29) is 5.97 Å². The first kappa shape index (κ1) is 12.1. The van der Waals surface area contributed by atoms with E-state index >= 15 is 0 Å². The van der Waals surface area contributed by atoms with Crippen molar-refractivity contribution in [3.8, 4) is 0 Å². The number of carbonyl (C=O) groups excluding carboxylic acids is 1. The van der Waals surface area contributed by atoms with E-state index < -0.39 is 6.04 Å². The van der Waals surface area contributed by atoms with Gasteiger partial charge in [0.15, 0.2) is 0 Å². The molecule has 0 radical (unpaired) electrons. The van der Waals surface area contributed by atoms with Crippen LogP contribution in [0.1, 0.15) is 30.0 Å². The van der Waals surface area contributed by atoms with Gasteiger partial charge in [0.05, 0.1) is 6.61 Å². The molecule has 1 aromatic rings. The minimum atomic E-state index is -0.547. The molecule has 1 atom stereocenters. The Hall–Kier alpha value is -1.35. The molecule has 1 aromatic carbocycles. The maximum absolute atomic E-state index is 11.4. The van der Waals surface area contributed by atoms with Gasteiger partial charge in [-0.05, 0) is 49.3 Å². The molecule has 3 heteroatoms. The summed E-state index contributed by atoms with van der Waals surface area (Å²) in [5.41, 5.74) is 9.80. The summed E-state index contributed by atoms with van der Waals surface area (Å²) in [5, 5.41) is 0. The summed E-state index contributed by atoms with van der Waals surface area (Å²) in [6.07, 6.45) is 4.13. The van der Waals surface area contributed by atoms with Crippen LogP contribution in [0.5, 0.6) is 0 Å². The quantitative estimate of drug-likeness (QED) is 0.804. The van der Waals surface area contributed by atoms with E-state index in [9.17, 15) is 4.79 Å². The van der Waals surface area contributed by atoms with Gasteiger partial charge in [0, 0.05) is 0 Å². The first-order valence-electron chi connectivity index (χ1n) is 6.23. The number of benzene rings is 1. The summed E-state index contributed by atoms with van der Waals surface area (Å²) >= 11 is 0. The predicted octanol–water partition coefficient (Wildman–Crippen LogP) is 1.61. The van der Waals surface area contributed by atoms with E-state index in [4.69, 9.17) is 10.5 Å². The number of nitrogens with two attached hydrogens (primary N) is 1. The van der Waals surface area contributed by atoms with Crippen molar-refractivity contribution in [2.24, 2.45) is 5.73 Å². The first-order valence-corrected chi connectivity index (χ1v) is 6.23. The lowest BCUT2D eigenvalue weighted by molar-refractivity contribution is -0.144. The van der Waals surface area contributed by atoms with Gasteiger partial charge < -0.3 is 10.5 Å². The molecule has 1 aliphatic carbocycles. The fourth-order valence-electron chi connectivity index (χ4n) is 2.34. The number of esters is 1. The second-order valence-electron chi connectivity index (χ2n) is 4.52. The van der Waals surface area contributed by atoms with Crippen LogP contribution in [0, 0.1) is 0 Å². The SMILES string of the molecule is CCOC(=O)[C@H](N)Cc1ccc2c(c1)CCC2. The third kappa shape index (κ3) is 2.86. The highest BCUT2D eigenvalue weighted by Crippen LogP contribution is 2.23. The number of rotatable bonds is 4. The number of hydrogen-bond donors (Lipinski definition) is 1. The van der Waals surface area contributed by atoms with Crippen LogP contribution < -0.4 is 5.73 Å². The van der Waals surface area contributed by atoms with Gasteiger partial charge in [-0.2, -0.15) is 0 Å². The molecule has 0 saturated carbocycles. The first-order chi connectivity index (χ1) is 8.20. The van der Waals surface area contributed by atoms with Crippen molar-refractivity contribution < 1.29 is 9.53 Å². The van der Waals surface area contributed by atoms with Crippen LogP contribution in [-0.4, -0.2) is 18.6 Å². The molecule has 3 nitrogen and oxygen atoms in total. The highest BCUT2D eigenvalue weighted by Gasteiger charge is 2.17. The van der Waals surface area contributed by atoms with E-state index in [1.165, 1.54) is 24.0 Å². The molecule has 2 N–H and O–H groups in total. The molecule has 0 spiro atoms. The third-order valence-corrected chi connectivity index (χ3v) is 3.21. The summed E-state index contributed by atoms with van der Waals surface area (Å²) in [7, 11) is 0. The average Bonchev–Trinajstić information content (AvgIpc) is 2.76. The summed E-state index contributed by atoms with van der Waals surface area (Å²) in [4.78, 5) is 11.4. The van der Waals surface area contributed by atoms with Crippen LogP contribution in [-0.2, 0) is 28.8 Å². The van der Waals surface area contributed by atoms with Gasteiger partial charge in [-0.25, -0.2) is 0 Å². The largest absolute Gasteiger partial charge is 0.465 e. The second kappa shape index (κ2) is 5.32. The third-order valence-electron chi connectivity index (χ3n) is 3.21. The van der Waals surface area contributed by atoms with Crippen LogP contribution in [0.3, 0.4) is 0 Å². The van der Waals surface area contributed by atoms with Gasteiger partial charge in [0.25, 0.3) is 0 Å². The molecule has 0 amide bonds. The van der Waals surface area contributed by atoms with Crippen LogP contribution in [0.25, 0.3) is 0 Å². The zero-order valence-electron chi connectivity index (χ0n) is 10.2. The van der Waals surface area contributed by atoms with E-state index in [0.29, 0.717) is 13.0 Å². The van der Waals surface area contributed by atoms with Crippen molar-refractivity contribution in [1.29, 1.82) is 0 Å². The van der Waals surface area contributed by atoms with Crippen molar-refractivity contribution in [2.75, 3.05) is 6.61 Å². The lowest BCUT2D eigenvalue weighted by Gasteiger charge is -2.11. The monoisotopic (exact) mass is 233 g/mol. The van der Waals surface area contributed by atoms with Crippen molar-refractivity contribution >= 4 is 5.97 Å². The van der Waals surface area contributed by atoms with Gasteiger partial charge in [-0.3, -0.25) is 4.79 Å². The second-order valence-corrected chi connectivity index (χ2v) is 4.52. The number of hydrogen-bond acceptors (Lipinski definition) is 3. The van der Waals surface area contributed by atoms with E-state index in [2.05, 4.69) is 18.2 Å². The van der Waals surface area contributed by atoms with Crippen molar-refractivity contribution in [3.63, 3.8) is 0 Å². The molecule has 0 heterocycles. The number of carbonyl (C=O) groups is 1. The number of ether oxygens (including phenoxy) is 1. The van der Waals surface area contributed by atoms with Crippen LogP contribution in [0.4, 0.5) is 0 Å². The molecule has 0 bridgehead atoms. The van der Waals surface area contributed by atoms with Gasteiger partial charge in [-0.1, -0.05) is 18.2 Å². The number of aryl methyl sites for hydroxylation is 2. The van der Waals surface area contributed by atoms with Crippen LogP contribution >= 0.6 is 0 Å². The molecule has 92 valence electrons. The molecule has 0 fully saturated rings. The van der Waals surface area contributed by atoms with E-state index in [1.807, 2.05) is 0 Å². The topological polar surface area (TPSA) is 52.3 Å². The number of fused-ring (bicyclic) bond motifs is 1. The maximum Gasteiger partial charge on any atom is 0.323 e. The molecular formula is C14H19NO2. The van der Waals surface area contributed by atoms with Crippen LogP contribution in [0.2, 0.25) is 0 Å². The van der Waals surface area contributed by atoms with Gasteiger partial charge in [0.1, 0.15) is 6.04 Å². The zero-order valence-corrected chi connectivity index (χ0v) is 10.2. The van der Waals surface area contributed by atoms with Gasteiger partial charge in [0.2, 0.25) is 0 Å². The lowest BCUT2D eigenvalue weighted by Crippen LogP contribution is -2.34. The summed E-state index contributed by atoms with van der Waals surface area (Å²) in [6, 6.07) is 5.87. The lowest BCUT2D eigenvalue weighted by atomic mass is 10.0. The van der Waals surface area contributed by atoms with Crippen molar-refractivity contribution in [1.82, 2.24) is 0 Å². The fraction of sp³-hybridized carbons (Fsp3) is 0.500. The Morgan fingerprint density at radius 2 is 2.18 bits per heavy atom. The molecule has 0 unspecified atom stereocenters. The summed E-state index contributed by atoms with van der Waals surface area (Å²) < 4.78 is 4.90. The van der Waals surface area contributed by atoms with Gasteiger partial charge in [-0.15, -0.1) is 0 Å². The smallest absolute Gasteiger partial charge is 0.323 e. The molecule has 1 aliphatic rings. The Morgan fingerprint density at radius 3 is 2.94 bits per heavy atom. The fourth-order valence-corrected chi connectivity index (χ4v) is 2.34. The predicted molar refractivity (Wildman–Crippen MR) is 66.8 cm³/mol. The minimum Gasteiger partial charge on any atom is -0.465 e. The Morgan fingerprint density at radius 1 is 1.41 bits per heavy atom. The molecule has 0 saturated heterocycles. The van der Waals surface area contributed by atoms with Gasteiger partial charge >= 0.3 is 5.97 Å². The van der Waals surface area contributed by atoms with Crippen molar-refractivity contribution in [2.45, 2.75) is 38.6 Å². The maximum atomic E-state index is 11.4. The Labute approximate surface area is 102 Å². The molecule has 2 rings (SSSR count). The molecular weight excluding hydrogens is 214 g/mol. The minimum absolute atomic E-state index is 0.312. The normalized spacial score (nSPS) is 15.4. The highest BCUT2D eigenvalue weighted by atomic mass is 16.5. The van der Waals surface area contributed by atoms with Crippen molar-refractivity contribution in [3.05, 3.63) is 34.9 Å². The zero-order chi connectivity index (χ0) is 12.3. The summed E-state index contributed by atoms with van der Waals surface area (Å²) in [6.45, 7) is 2.18. The Bertz CT molecular complexity index is 415. The summed E-state index contributed by atoms with van der Waals surface area (Å²) in [5.74, 6) is -0.312. The Kier molecular flexibility index (Phi) is 3.79. The highest BCUT2D eigenvalue weighted by molar-refractivity contribution is 5.75. The molecule has 17 heavy (non-hydrogen) atoms.